The molecule has 0 saturated carbocycles. The number of ether oxygens (including phenoxy) is 1. The predicted molar refractivity (Wildman–Crippen MR) is 75.4 cm³/mol. The summed E-state index contributed by atoms with van der Waals surface area (Å²) in [7, 11) is 1.68. The number of carbonyl (C=O) groups is 2. The van der Waals surface area contributed by atoms with Gasteiger partial charge in [0.2, 0.25) is 5.76 Å². The summed E-state index contributed by atoms with van der Waals surface area (Å²) in [5.41, 5.74) is 0. The molecule has 1 N–H and O–H groups in total. The van der Waals surface area contributed by atoms with Gasteiger partial charge in [0.1, 0.15) is 0 Å². The van der Waals surface area contributed by atoms with E-state index in [-0.39, 0.29) is 17.4 Å². The van der Waals surface area contributed by atoms with Gasteiger partial charge in [-0.05, 0) is 37.3 Å². The first-order valence-electron chi connectivity index (χ1n) is 7.23. The summed E-state index contributed by atoms with van der Waals surface area (Å²) in [5.74, 6) is -1.08. The highest BCUT2D eigenvalue weighted by Crippen LogP contribution is 2.21. The Labute approximate surface area is 123 Å². The molecule has 0 spiro atoms. The zero-order chi connectivity index (χ0) is 15.2. The Morgan fingerprint density at radius 2 is 2.14 bits per heavy atom. The van der Waals surface area contributed by atoms with E-state index < -0.39 is 5.97 Å². The summed E-state index contributed by atoms with van der Waals surface area (Å²) < 4.78 is 10.2. The number of carboxylic acids is 1. The number of carboxylic acid groups (broad SMARTS) is 1. The second-order valence-electron chi connectivity index (χ2n) is 5.36. The van der Waals surface area contributed by atoms with E-state index in [2.05, 4.69) is 0 Å². The monoisotopic (exact) mass is 295 g/mol. The van der Waals surface area contributed by atoms with Crippen LogP contribution in [0.15, 0.2) is 16.5 Å². The van der Waals surface area contributed by atoms with Crippen molar-refractivity contribution in [1.82, 2.24) is 4.90 Å². The van der Waals surface area contributed by atoms with Crippen molar-refractivity contribution >= 4 is 11.9 Å². The first-order chi connectivity index (χ1) is 10.1. The van der Waals surface area contributed by atoms with Crippen molar-refractivity contribution in [2.45, 2.75) is 25.7 Å². The number of rotatable bonds is 5. The van der Waals surface area contributed by atoms with Crippen LogP contribution in [0.5, 0.6) is 0 Å². The van der Waals surface area contributed by atoms with Crippen molar-refractivity contribution in [2.24, 2.45) is 5.92 Å². The second-order valence-corrected chi connectivity index (χ2v) is 5.36. The molecule has 1 unspecified atom stereocenters. The standard InChI is InChI=1S/C15H21NO5/c1-20-9-7-11-4-2-3-8-16(10-11)14(17)12-5-6-13(21-12)15(18)19/h5-6,11H,2-4,7-10H2,1H3,(H,18,19). The first kappa shape index (κ1) is 15.6. The molecular formula is C15H21NO5. The van der Waals surface area contributed by atoms with Gasteiger partial charge in [-0.2, -0.15) is 0 Å². The molecule has 1 saturated heterocycles. The van der Waals surface area contributed by atoms with E-state index in [0.29, 0.717) is 25.6 Å². The van der Waals surface area contributed by atoms with E-state index in [1.54, 1.807) is 12.0 Å². The maximum Gasteiger partial charge on any atom is 0.371 e. The van der Waals surface area contributed by atoms with Crippen molar-refractivity contribution in [3.63, 3.8) is 0 Å². The van der Waals surface area contributed by atoms with Crippen molar-refractivity contribution in [3.05, 3.63) is 23.7 Å². The van der Waals surface area contributed by atoms with E-state index in [1.165, 1.54) is 12.1 Å². The first-order valence-corrected chi connectivity index (χ1v) is 7.23. The van der Waals surface area contributed by atoms with E-state index in [1.807, 2.05) is 0 Å². The van der Waals surface area contributed by atoms with Crippen molar-refractivity contribution < 1.29 is 23.8 Å². The smallest absolute Gasteiger partial charge is 0.371 e. The highest BCUT2D eigenvalue weighted by atomic mass is 16.5. The highest BCUT2D eigenvalue weighted by molar-refractivity contribution is 5.93. The molecule has 1 aliphatic heterocycles. The van der Waals surface area contributed by atoms with Gasteiger partial charge in [0.15, 0.2) is 5.76 Å². The molecular weight excluding hydrogens is 274 g/mol. The lowest BCUT2D eigenvalue weighted by Gasteiger charge is -2.23. The summed E-state index contributed by atoms with van der Waals surface area (Å²) in [4.78, 5) is 25.0. The second kappa shape index (κ2) is 7.26. The maximum atomic E-state index is 12.4. The van der Waals surface area contributed by atoms with Gasteiger partial charge in [-0.3, -0.25) is 4.79 Å². The van der Waals surface area contributed by atoms with Crippen LogP contribution in [0.3, 0.4) is 0 Å². The van der Waals surface area contributed by atoms with Gasteiger partial charge < -0.3 is 19.2 Å². The largest absolute Gasteiger partial charge is 0.475 e. The average Bonchev–Trinajstić information content (AvgIpc) is 2.85. The van der Waals surface area contributed by atoms with Crippen LogP contribution in [0.4, 0.5) is 0 Å². The number of hydrogen-bond donors (Lipinski definition) is 1. The molecule has 1 aromatic heterocycles. The zero-order valence-corrected chi connectivity index (χ0v) is 12.2. The van der Waals surface area contributed by atoms with Crippen molar-refractivity contribution in [2.75, 3.05) is 26.8 Å². The summed E-state index contributed by atoms with van der Waals surface area (Å²) >= 11 is 0. The lowest BCUT2D eigenvalue weighted by Crippen LogP contribution is -2.34. The number of likely N-dealkylation sites (tertiary alicyclic amines) is 1. The Morgan fingerprint density at radius 3 is 2.81 bits per heavy atom. The third-order valence-corrected chi connectivity index (χ3v) is 3.81. The lowest BCUT2D eigenvalue weighted by atomic mass is 10.00. The van der Waals surface area contributed by atoms with E-state index in [4.69, 9.17) is 14.3 Å². The minimum Gasteiger partial charge on any atom is -0.475 e. The number of aromatic carboxylic acids is 1. The molecule has 6 heteroatoms. The SMILES string of the molecule is COCCC1CCCCN(C(=O)c2ccc(C(=O)O)o2)C1. The van der Waals surface area contributed by atoms with E-state index in [0.717, 1.165) is 25.7 Å². The van der Waals surface area contributed by atoms with Crippen molar-refractivity contribution in [3.8, 4) is 0 Å². The molecule has 0 aromatic carbocycles. The summed E-state index contributed by atoms with van der Waals surface area (Å²) in [6, 6.07) is 2.75. The highest BCUT2D eigenvalue weighted by Gasteiger charge is 2.25. The number of nitrogens with zero attached hydrogens (tertiary/aromatic N) is 1. The van der Waals surface area contributed by atoms with Gasteiger partial charge in [0.25, 0.3) is 5.91 Å². The fourth-order valence-corrected chi connectivity index (χ4v) is 2.66. The number of hydrogen-bond acceptors (Lipinski definition) is 4. The molecule has 1 aliphatic rings. The Bertz CT molecular complexity index is 496. The van der Waals surface area contributed by atoms with Gasteiger partial charge in [0, 0.05) is 26.8 Å². The summed E-state index contributed by atoms with van der Waals surface area (Å²) in [6.45, 7) is 2.05. The van der Waals surface area contributed by atoms with Crippen LogP contribution in [0.25, 0.3) is 0 Å². The molecule has 2 rings (SSSR count). The topological polar surface area (TPSA) is 80.0 Å². The summed E-state index contributed by atoms with van der Waals surface area (Å²) in [6.07, 6.45) is 4.07. The molecule has 2 heterocycles. The molecule has 1 aromatic rings. The van der Waals surface area contributed by atoms with E-state index in [9.17, 15) is 9.59 Å². The van der Waals surface area contributed by atoms with Gasteiger partial charge in [-0.15, -0.1) is 0 Å². The Morgan fingerprint density at radius 1 is 1.38 bits per heavy atom. The van der Waals surface area contributed by atoms with Crippen LogP contribution >= 0.6 is 0 Å². The number of carbonyl (C=O) groups excluding carboxylic acids is 1. The zero-order valence-electron chi connectivity index (χ0n) is 12.2. The summed E-state index contributed by atoms with van der Waals surface area (Å²) in [5, 5.41) is 8.84. The van der Waals surface area contributed by atoms with Crippen LogP contribution in [0.2, 0.25) is 0 Å². The van der Waals surface area contributed by atoms with E-state index >= 15 is 0 Å². The molecule has 6 nitrogen and oxygen atoms in total. The van der Waals surface area contributed by atoms with Gasteiger partial charge >= 0.3 is 5.97 Å². The average molecular weight is 295 g/mol. The molecule has 0 radical (unpaired) electrons. The van der Waals surface area contributed by atoms with Crippen LogP contribution in [0.1, 0.15) is 46.8 Å². The third-order valence-electron chi connectivity index (χ3n) is 3.81. The minimum absolute atomic E-state index is 0.0970. The van der Waals surface area contributed by atoms with Gasteiger partial charge in [-0.25, -0.2) is 4.79 Å². The fraction of sp³-hybridized carbons (Fsp3) is 0.600. The molecule has 116 valence electrons. The Kier molecular flexibility index (Phi) is 5.38. The lowest BCUT2D eigenvalue weighted by molar-refractivity contribution is 0.0643. The van der Waals surface area contributed by atoms with Crippen LogP contribution in [0, 0.1) is 5.92 Å². The number of furan rings is 1. The third kappa shape index (κ3) is 4.07. The normalized spacial score (nSPS) is 19.3. The van der Waals surface area contributed by atoms with Crippen LogP contribution < -0.4 is 0 Å². The van der Waals surface area contributed by atoms with Crippen LogP contribution in [-0.2, 0) is 4.74 Å². The molecule has 0 aliphatic carbocycles. The quantitative estimate of drug-likeness (QED) is 0.901. The van der Waals surface area contributed by atoms with Crippen molar-refractivity contribution in [1.29, 1.82) is 0 Å². The minimum atomic E-state index is -1.16. The van der Waals surface area contributed by atoms with Gasteiger partial charge in [0.05, 0.1) is 0 Å². The van der Waals surface area contributed by atoms with Crippen LogP contribution in [-0.4, -0.2) is 48.7 Å². The maximum absolute atomic E-state index is 12.4. The fourth-order valence-electron chi connectivity index (χ4n) is 2.66. The molecule has 1 atom stereocenters. The number of methoxy groups -OCH3 is 1. The Balaban J connectivity index is 2.03. The predicted octanol–water partition coefficient (Wildman–Crippen LogP) is 2.26. The molecule has 1 fully saturated rings. The molecule has 0 bridgehead atoms. The molecule has 1 amide bonds. The molecule has 21 heavy (non-hydrogen) atoms. The Hall–Kier alpha value is -1.82. The van der Waals surface area contributed by atoms with Gasteiger partial charge in [-0.1, -0.05) is 6.42 Å². The number of amides is 1.